The van der Waals surface area contributed by atoms with Crippen LogP contribution in [0.3, 0.4) is 0 Å². The van der Waals surface area contributed by atoms with Gasteiger partial charge >= 0.3 is 6.09 Å². The molecule has 30 heavy (non-hydrogen) atoms. The zero-order chi connectivity index (χ0) is 20.9. The Balaban J connectivity index is 1.52. The number of primary amides is 1. The Morgan fingerprint density at radius 2 is 1.70 bits per heavy atom. The van der Waals surface area contributed by atoms with E-state index in [9.17, 15) is 4.79 Å². The molecule has 1 fully saturated rings. The summed E-state index contributed by atoms with van der Waals surface area (Å²) in [6.45, 7) is 0. The average molecular weight is 464 g/mol. The summed E-state index contributed by atoms with van der Waals surface area (Å²) in [6, 6.07) is 23.0. The lowest BCUT2D eigenvalue weighted by Gasteiger charge is -2.23. The molecule has 0 bridgehead atoms. The van der Waals surface area contributed by atoms with E-state index in [2.05, 4.69) is 70.5 Å². The van der Waals surface area contributed by atoms with Crippen LogP contribution >= 0.6 is 15.9 Å². The first-order valence-electron chi connectivity index (χ1n) is 10.0. The second kappa shape index (κ2) is 7.17. The second-order valence-corrected chi connectivity index (χ2v) is 8.92. The number of carbonyl (C=O) groups is 1. The zero-order valence-corrected chi connectivity index (χ0v) is 18.2. The van der Waals surface area contributed by atoms with Gasteiger partial charge in [-0.05, 0) is 68.7 Å². The van der Waals surface area contributed by atoms with Crippen molar-refractivity contribution in [1.29, 1.82) is 0 Å². The van der Waals surface area contributed by atoms with Crippen LogP contribution in [0.1, 0.15) is 41.4 Å². The summed E-state index contributed by atoms with van der Waals surface area (Å²) < 4.78 is 12.2. The lowest BCUT2D eigenvalue weighted by molar-refractivity contribution is 0.0783. The number of halogens is 1. The van der Waals surface area contributed by atoms with Crippen molar-refractivity contribution in [3.8, 4) is 16.9 Å². The number of amides is 1. The topological polar surface area (TPSA) is 61.6 Å². The van der Waals surface area contributed by atoms with Gasteiger partial charge in [0.25, 0.3) is 0 Å². The van der Waals surface area contributed by atoms with Crippen LogP contribution in [0.2, 0.25) is 0 Å². The molecule has 0 heterocycles. The van der Waals surface area contributed by atoms with Crippen molar-refractivity contribution in [2.75, 3.05) is 7.11 Å². The highest BCUT2D eigenvalue weighted by molar-refractivity contribution is 9.10. The van der Waals surface area contributed by atoms with E-state index in [0.29, 0.717) is 6.42 Å². The van der Waals surface area contributed by atoms with Gasteiger partial charge in [-0.1, -0.05) is 54.6 Å². The summed E-state index contributed by atoms with van der Waals surface area (Å²) in [5, 5.41) is 0. The summed E-state index contributed by atoms with van der Waals surface area (Å²) in [6.07, 6.45) is 0.732. The van der Waals surface area contributed by atoms with Crippen molar-refractivity contribution in [1.82, 2.24) is 0 Å². The van der Waals surface area contributed by atoms with E-state index in [-0.39, 0.29) is 11.8 Å². The molecule has 4 nitrogen and oxygen atoms in total. The van der Waals surface area contributed by atoms with Crippen molar-refractivity contribution in [2.45, 2.75) is 30.3 Å². The van der Waals surface area contributed by atoms with Crippen LogP contribution < -0.4 is 10.5 Å². The standard InChI is InChI=1S/C25H22BrNO3/c1-29-23-12-15(10-11-22(23)26)21-14-25(21,30-24(27)28)13-20-18-8-4-2-6-16(18)17-7-3-5-9-19(17)20/h2-12,20-21H,13-14H2,1H3,(H2,27,28)/t21-,25+/m1/s1. The Bertz CT molecular complexity index is 1100. The lowest BCUT2D eigenvalue weighted by atomic mass is 9.88. The van der Waals surface area contributed by atoms with Gasteiger partial charge in [-0.2, -0.15) is 0 Å². The largest absolute Gasteiger partial charge is 0.496 e. The van der Waals surface area contributed by atoms with Crippen molar-refractivity contribution in [3.63, 3.8) is 0 Å². The molecule has 1 saturated carbocycles. The van der Waals surface area contributed by atoms with E-state index in [0.717, 1.165) is 22.2 Å². The molecular formula is C25H22BrNO3. The number of methoxy groups -OCH3 is 1. The second-order valence-electron chi connectivity index (χ2n) is 8.07. The summed E-state index contributed by atoms with van der Waals surface area (Å²) in [5.41, 5.74) is 11.1. The lowest BCUT2D eigenvalue weighted by Crippen LogP contribution is -2.27. The van der Waals surface area contributed by atoms with Crippen LogP contribution in [0.15, 0.2) is 71.2 Å². The first-order chi connectivity index (χ1) is 14.5. The van der Waals surface area contributed by atoms with Crippen molar-refractivity contribution >= 4 is 22.0 Å². The normalized spacial score (nSPS) is 21.6. The Morgan fingerprint density at radius 3 is 2.30 bits per heavy atom. The maximum absolute atomic E-state index is 11.8. The molecule has 0 aliphatic heterocycles. The fraction of sp³-hybridized carbons (Fsp3) is 0.240. The quantitative estimate of drug-likeness (QED) is 0.505. The first kappa shape index (κ1) is 19.2. The summed E-state index contributed by atoms with van der Waals surface area (Å²) >= 11 is 3.51. The van der Waals surface area contributed by atoms with Gasteiger partial charge < -0.3 is 15.2 Å². The van der Waals surface area contributed by atoms with E-state index in [4.69, 9.17) is 15.2 Å². The number of benzene rings is 3. The molecule has 3 aromatic rings. The van der Waals surface area contributed by atoms with E-state index in [1.807, 2.05) is 12.1 Å². The molecule has 0 radical (unpaired) electrons. The van der Waals surface area contributed by atoms with Crippen LogP contribution in [-0.4, -0.2) is 18.8 Å². The summed E-state index contributed by atoms with van der Waals surface area (Å²) in [5.74, 6) is 1.02. The molecule has 2 aliphatic carbocycles. The monoisotopic (exact) mass is 463 g/mol. The van der Waals surface area contributed by atoms with E-state index in [1.165, 1.54) is 22.3 Å². The van der Waals surface area contributed by atoms with Crippen LogP contribution in [0.25, 0.3) is 11.1 Å². The van der Waals surface area contributed by atoms with Crippen LogP contribution in [-0.2, 0) is 4.74 Å². The number of ether oxygens (including phenoxy) is 2. The highest BCUT2D eigenvalue weighted by atomic mass is 79.9. The molecule has 2 N–H and O–H groups in total. The van der Waals surface area contributed by atoms with Gasteiger partial charge in [-0.25, -0.2) is 4.79 Å². The molecule has 1 amide bonds. The third-order valence-electron chi connectivity index (χ3n) is 6.42. The molecule has 2 aliphatic rings. The number of hydrogen-bond acceptors (Lipinski definition) is 3. The predicted molar refractivity (Wildman–Crippen MR) is 120 cm³/mol. The van der Waals surface area contributed by atoms with Gasteiger partial charge in [-0.15, -0.1) is 0 Å². The average Bonchev–Trinajstić information content (AvgIpc) is 3.35. The third-order valence-corrected chi connectivity index (χ3v) is 7.07. The fourth-order valence-corrected chi connectivity index (χ4v) is 5.42. The van der Waals surface area contributed by atoms with Gasteiger partial charge in [0, 0.05) is 11.8 Å². The van der Waals surface area contributed by atoms with Crippen molar-refractivity contribution < 1.29 is 14.3 Å². The van der Waals surface area contributed by atoms with E-state index in [1.54, 1.807) is 7.11 Å². The van der Waals surface area contributed by atoms with E-state index < -0.39 is 11.7 Å². The minimum absolute atomic E-state index is 0.0897. The highest BCUT2D eigenvalue weighted by Gasteiger charge is 2.60. The summed E-state index contributed by atoms with van der Waals surface area (Å²) in [4.78, 5) is 11.8. The minimum Gasteiger partial charge on any atom is -0.496 e. The molecule has 5 heteroatoms. The zero-order valence-electron chi connectivity index (χ0n) is 16.6. The Hall–Kier alpha value is -2.79. The molecular weight excluding hydrogens is 442 g/mol. The summed E-state index contributed by atoms with van der Waals surface area (Å²) in [7, 11) is 1.65. The van der Waals surface area contributed by atoms with E-state index >= 15 is 0 Å². The molecule has 0 saturated heterocycles. The number of fused-ring (bicyclic) bond motifs is 3. The minimum atomic E-state index is -0.721. The Labute approximate surface area is 184 Å². The fourth-order valence-electron chi connectivity index (χ4n) is 5.01. The highest BCUT2D eigenvalue weighted by Crippen LogP contribution is 2.61. The van der Waals surface area contributed by atoms with Gasteiger partial charge in [0.05, 0.1) is 11.6 Å². The van der Waals surface area contributed by atoms with Crippen LogP contribution in [0.4, 0.5) is 4.79 Å². The maximum atomic E-state index is 11.8. The molecule has 3 aromatic carbocycles. The van der Waals surface area contributed by atoms with Gasteiger partial charge in [-0.3, -0.25) is 0 Å². The SMILES string of the molecule is COc1cc([C@H]2C[C@]2(CC2c3ccccc3-c3ccccc32)OC(N)=O)ccc1Br. The maximum Gasteiger partial charge on any atom is 0.405 e. The molecule has 0 aromatic heterocycles. The van der Waals surface area contributed by atoms with Crippen molar-refractivity contribution in [3.05, 3.63) is 87.9 Å². The number of hydrogen-bond donors (Lipinski definition) is 1. The molecule has 2 atom stereocenters. The number of nitrogens with two attached hydrogens (primary N) is 1. The Kier molecular flexibility index (Phi) is 4.58. The molecule has 0 unspecified atom stereocenters. The number of carbonyl (C=O) groups excluding carboxylic acids is 1. The molecule has 0 spiro atoms. The smallest absolute Gasteiger partial charge is 0.405 e. The molecule has 5 rings (SSSR count). The molecule has 152 valence electrons. The van der Waals surface area contributed by atoms with Gasteiger partial charge in [0.2, 0.25) is 0 Å². The van der Waals surface area contributed by atoms with Crippen LogP contribution in [0.5, 0.6) is 5.75 Å². The van der Waals surface area contributed by atoms with Crippen LogP contribution in [0, 0.1) is 0 Å². The predicted octanol–water partition coefficient (Wildman–Crippen LogP) is 5.98. The number of rotatable bonds is 5. The van der Waals surface area contributed by atoms with Gasteiger partial charge in [0.15, 0.2) is 0 Å². The first-order valence-corrected chi connectivity index (χ1v) is 10.8. The Morgan fingerprint density at radius 1 is 1.07 bits per heavy atom. The third kappa shape index (κ3) is 3.08. The van der Waals surface area contributed by atoms with Crippen molar-refractivity contribution in [2.24, 2.45) is 5.73 Å². The van der Waals surface area contributed by atoms with Gasteiger partial charge in [0.1, 0.15) is 11.4 Å².